The largest absolute Gasteiger partial charge is 0.497 e. The van der Waals surface area contributed by atoms with Gasteiger partial charge < -0.3 is 24.1 Å². The number of fused-ring (bicyclic) bond motifs is 1. The molecule has 7 heteroatoms. The Morgan fingerprint density at radius 1 is 1.18 bits per heavy atom. The highest BCUT2D eigenvalue weighted by Crippen LogP contribution is 2.39. The predicted octanol–water partition coefficient (Wildman–Crippen LogP) is 4.44. The van der Waals surface area contributed by atoms with Crippen LogP contribution in [-0.4, -0.2) is 59.8 Å². The first-order valence-electron chi connectivity index (χ1n) is 11.8. The second-order valence-electron chi connectivity index (χ2n) is 9.14. The molecule has 1 N–H and O–H groups in total. The van der Waals surface area contributed by atoms with Gasteiger partial charge in [0, 0.05) is 43.0 Å². The van der Waals surface area contributed by atoms with Crippen LogP contribution in [0.5, 0.6) is 11.5 Å². The van der Waals surface area contributed by atoms with Crippen molar-refractivity contribution in [2.75, 3.05) is 33.4 Å². The van der Waals surface area contributed by atoms with Gasteiger partial charge >= 0.3 is 0 Å². The van der Waals surface area contributed by atoms with E-state index in [-0.39, 0.29) is 11.5 Å². The van der Waals surface area contributed by atoms with Gasteiger partial charge in [-0.05, 0) is 74.4 Å². The number of likely N-dealkylation sites (tertiary alicyclic amines) is 1. The SMILES string of the molecule is COc1ccc2[nH]c(C(=O)N3CCC4(CC3)CC(CCOc3ccncc3)CCO4)cc2c1. The highest BCUT2D eigenvalue weighted by molar-refractivity contribution is 5.98. The molecule has 0 aliphatic carbocycles. The van der Waals surface area contributed by atoms with Crippen molar-refractivity contribution in [3.8, 4) is 11.5 Å². The van der Waals surface area contributed by atoms with Crippen LogP contribution in [0.25, 0.3) is 10.9 Å². The molecule has 2 aliphatic heterocycles. The average Bonchev–Trinajstić information content (AvgIpc) is 3.28. The van der Waals surface area contributed by atoms with Crippen molar-refractivity contribution in [3.63, 3.8) is 0 Å². The second kappa shape index (κ2) is 9.43. The van der Waals surface area contributed by atoms with Crippen LogP contribution in [0.15, 0.2) is 48.8 Å². The number of rotatable bonds is 6. The lowest BCUT2D eigenvalue weighted by Crippen LogP contribution is -2.51. The summed E-state index contributed by atoms with van der Waals surface area (Å²) in [7, 11) is 1.65. The van der Waals surface area contributed by atoms with Gasteiger partial charge in [-0.25, -0.2) is 0 Å². The fourth-order valence-electron chi connectivity index (χ4n) is 5.14. The third-order valence-electron chi connectivity index (χ3n) is 7.06. The first-order valence-corrected chi connectivity index (χ1v) is 11.8. The van der Waals surface area contributed by atoms with Crippen LogP contribution in [0.1, 0.15) is 42.6 Å². The molecule has 2 aliphatic rings. The zero-order chi connectivity index (χ0) is 22.7. The van der Waals surface area contributed by atoms with E-state index in [0.717, 1.165) is 74.2 Å². The molecule has 1 aromatic carbocycles. The van der Waals surface area contributed by atoms with Crippen molar-refractivity contribution in [2.45, 2.75) is 37.7 Å². The Morgan fingerprint density at radius 3 is 2.79 bits per heavy atom. The van der Waals surface area contributed by atoms with Gasteiger partial charge in [-0.3, -0.25) is 9.78 Å². The van der Waals surface area contributed by atoms with Gasteiger partial charge in [0.15, 0.2) is 0 Å². The number of nitrogens with one attached hydrogen (secondary N) is 1. The molecule has 4 heterocycles. The topological polar surface area (TPSA) is 76.7 Å². The molecule has 7 nitrogen and oxygen atoms in total. The summed E-state index contributed by atoms with van der Waals surface area (Å²) in [6, 6.07) is 11.5. The number of hydrogen-bond donors (Lipinski definition) is 1. The molecule has 1 unspecified atom stereocenters. The lowest BCUT2D eigenvalue weighted by atomic mass is 9.78. The zero-order valence-corrected chi connectivity index (χ0v) is 19.1. The van der Waals surface area contributed by atoms with Crippen LogP contribution < -0.4 is 9.47 Å². The first-order chi connectivity index (χ1) is 16.1. The average molecular weight is 450 g/mol. The third kappa shape index (κ3) is 4.83. The Bertz CT molecular complexity index is 1090. The van der Waals surface area contributed by atoms with E-state index in [0.29, 0.717) is 18.2 Å². The molecule has 174 valence electrons. The van der Waals surface area contributed by atoms with E-state index in [2.05, 4.69) is 9.97 Å². The summed E-state index contributed by atoms with van der Waals surface area (Å²) in [4.78, 5) is 22.4. The molecule has 0 bridgehead atoms. The summed E-state index contributed by atoms with van der Waals surface area (Å²) >= 11 is 0. The molecule has 2 aromatic heterocycles. The minimum Gasteiger partial charge on any atom is -0.497 e. The molecule has 2 fully saturated rings. The molecule has 0 saturated carbocycles. The summed E-state index contributed by atoms with van der Waals surface area (Å²) in [6.07, 6.45) is 8.40. The molecule has 2 saturated heterocycles. The molecule has 5 rings (SSSR count). The van der Waals surface area contributed by atoms with Crippen LogP contribution in [0.3, 0.4) is 0 Å². The molecule has 1 spiro atoms. The van der Waals surface area contributed by atoms with Crippen LogP contribution >= 0.6 is 0 Å². The van der Waals surface area contributed by atoms with Crippen molar-refractivity contribution < 1.29 is 19.0 Å². The van der Waals surface area contributed by atoms with E-state index in [1.165, 1.54) is 0 Å². The summed E-state index contributed by atoms with van der Waals surface area (Å²) < 4.78 is 17.5. The lowest BCUT2D eigenvalue weighted by molar-refractivity contribution is -0.125. The Kier molecular flexibility index (Phi) is 6.22. The maximum Gasteiger partial charge on any atom is 0.270 e. The van der Waals surface area contributed by atoms with E-state index in [4.69, 9.17) is 14.2 Å². The minimum absolute atomic E-state index is 0.0538. The first kappa shape index (κ1) is 21.8. The molecular weight excluding hydrogens is 418 g/mol. The Morgan fingerprint density at radius 2 is 2.00 bits per heavy atom. The fraction of sp³-hybridized carbons (Fsp3) is 0.462. The fourth-order valence-corrected chi connectivity index (χ4v) is 5.14. The van der Waals surface area contributed by atoms with Gasteiger partial charge in [0.2, 0.25) is 0 Å². The van der Waals surface area contributed by atoms with Crippen LogP contribution in [0.2, 0.25) is 0 Å². The van der Waals surface area contributed by atoms with Crippen LogP contribution in [-0.2, 0) is 4.74 Å². The highest BCUT2D eigenvalue weighted by Gasteiger charge is 2.41. The van der Waals surface area contributed by atoms with E-state index in [9.17, 15) is 4.79 Å². The maximum atomic E-state index is 13.1. The molecular formula is C26H31N3O4. The van der Waals surface area contributed by atoms with Crippen molar-refractivity contribution >= 4 is 16.8 Å². The molecule has 1 amide bonds. The van der Waals surface area contributed by atoms with Crippen LogP contribution in [0, 0.1) is 5.92 Å². The number of nitrogens with zero attached hydrogens (tertiary/aromatic N) is 2. The lowest BCUT2D eigenvalue weighted by Gasteiger charge is -2.46. The monoisotopic (exact) mass is 449 g/mol. The summed E-state index contributed by atoms with van der Waals surface area (Å²) in [5.41, 5.74) is 1.47. The minimum atomic E-state index is -0.107. The van der Waals surface area contributed by atoms with E-state index in [1.807, 2.05) is 41.3 Å². The number of methoxy groups -OCH3 is 1. The summed E-state index contributed by atoms with van der Waals surface area (Å²) in [6.45, 7) is 2.94. The number of hydrogen-bond acceptors (Lipinski definition) is 5. The summed E-state index contributed by atoms with van der Waals surface area (Å²) in [5, 5.41) is 0.985. The second-order valence-corrected chi connectivity index (χ2v) is 9.14. The normalized spacial score (nSPS) is 20.2. The van der Waals surface area contributed by atoms with E-state index < -0.39 is 0 Å². The summed E-state index contributed by atoms with van der Waals surface area (Å²) in [5.74, 6) is 2.30. The number of aromatic nitrogens is 2. The number of amides is 1. The molecule has 3 aromatic rings. The zero-order valence-electron chi connectivity index (χ0n) is 19.1. The predicted molar refractivity (Wildman–Crippen MR) is 126 cm³/mol. The van der Waals surface area contributed by atoms with Crippen molar-refractivity contribution in [3.05, 3.63) is 54.5 Å². The Balaban J connectivity index is 1.15. The number of ether oxygens (including phenoxy) is 3. The molecule has 0 radical (unpaired) electrons. The Hall–Kier alpha value is -3.06. The maximum absolute atomic E-state index is 13.1. The van der Waals surface area contributed by atoms with Crippen molar-refractivity contribution in [2.24, 2.45) is 5.92 Å². The van der Waals surface area contributed by atoms with E-state index in [1.54, 1.807) is 19.5 Å². The molecule has 1 atom stereocenters. The van der Waals surface area contributed by atoms with Crippen molar-refractivity contribution in [1.29, 1.82) is 0 Å². The van der Waals surface area contributed by atoms with Gasteiger partial charge in [-0.15, -0.1) is 0 Å². The smallest absolute Gasteiger partial charge is 0.270 e. The van der Waals surface area contributed by atoms with E-state index >= 15 is 0 Å². The number of aromatic amines is 1. The van der Waals surface area contributed by atoms with Crippen LogP contribution in [0.4, 0.5) is 0 Å². The third-order valence-corrected chi connectivity index (χ3v) is 7.06. The van der Waals surface area contributed by atoms with Gasteiger partial charge in [0.05, 0.1) is 19.3 Å². The number of H-pyrrole nitrogens is 1. The highest BCUT2D eigenvalue weighted by atomic mass is 16.5. The number of carbonyl (C=O) groups excluding carboxylic acids is 1. The quantitative estimate of drug-likeness (QED) is 0.602. The van der Waals surface area contributed by atoms with Gasteiger partial charge in [0.1, 0.15) is 17.2 Å². The van der Waals surface area contributed by atoms with Gasteiger partial charge in [-0.1, -0.05) is 0 Å². The van der Waals surface area contributed by atoms with Gasteiger partial charge in [-0.2, -0.15) is 0 Å². The molecule has 33 heavy (non-hydrogen) atoms. The van der Waals surface area contributed by atoms with Gasteiger partial charge in [0.25, 0.3) is 5.91 Å². The standard InChI is InChI=1S/C26H31N3O4/c1-31-22-2-3-23-20(16-22)17-24(28-23)25(30)29-12-8-26(9-13-29)18-19(7-15-33-26)6-14-32-21-4-10-27-11-5-21/h2-5,10-11,16-17,19,28H,6-9,12-15,18H2,1H3. The Labute approximate surface area is 194 Å². The number of pyridine rings is 1. The number of piperidine rings is 1. The van der Waals surface area contributed by atoms with Crippen molar-refractivity contribution in [1.82, 2.24) is 14.9 Å². The number of benzene rings is 1. The number of carbonyl (C=O) groups is 1.